The molecule has 9 nitrogen and oxygen atoms in total. The molecule has 9 heteroatoms. The summed E-state index contributed by atoms with van der Waals surface area (Å²) >= 11 is 0. The van der Waals surface area contributed by atoms with Crippen molar-refractivity contribution in [1.29, 1.82) is 0 Å². The van der Waals surface area contributed by atoms with E-state index in [2.05, 4.69) is 10.3 Å². The number of nitrogen functional groups attached to an aromatic ring is 1. The summed E-state index contributed by atoms with van der Waals surface area (Å²) in [7, 11) is 0. The first-order valence-electron chi connectivity index (χ1n) is 10.7. The third-order valence-corrected chi connectivity index (χ3v) is 4.88. The Bertz CT molecular complexity index is 939. The number of carbonyl (C=O) groups excluding carboxylic acids is 1. The molecule has 0 atom stereocenters. The monoisotopic (exact) mass is 431 g/mol. The van der Waals surface area contributed by atoms with Gasteiger partial charge >= 0.3 is 5.69 Å². The standard InChI is InChI=1S/C22H33N5O4/c1-3-5-13-27-20(23)19(21(29)25-22(27)30)26(4-2)15-18(28)24-12-9-14-31-16-17-10-7-6-8-11-17/h6-8,10-11H,3-5,9,12-16,23H2,1-2H3,(H,24,28)(H,25,29,30). The van der Waals surface area contributed by atoms with E-state index in [-0.39, 0.29) is 24.0 Å². The van der Waals surface area contributed by atoms with Crippen LogP contribution in [-0.4, -0.2) is 41.7 Å². The number of anilines is 2. The predicted molar refractivity (Wildman–Crippen MR) is 122 cm³/mol. The summed E-state index contributed by atoms with van der Waals surface area (Å²) in [6.07, 6.45) is 2.32. The number of nitrogens with one attached hydrogen (secondary N) is 2. The fourth-order valence-electron chi connectivity index (χ4n) is 3.17. The lowest BCUT2D eigenvalue weighted by Gasteiger charge is -2.24. The van der Waals surface area contributed by atoms with Gasteiger partial charge in [-0.2, -0.15) is 0 Å². The second-order valence-electron chi connectivity index (χ2n) is 7.25. The van der Waals surface area contributed by atoms with Crippen molar-refractivity contribution in [3.8, 4) is 0 Å². The van der Waals surface area contributed by atoms with Gasteiger partial charge in [0.15, 0.2) is 0 Å². The van der Waals surface area contributed by atoms with Gasteiger partial charge in [0.2, 0.25) is 5.91 Å². The maximum atomic E-state index is 12.4. The number of rotatable bonds is 13. The van der Waals surface area contributed by atoms with Gasteiger partial charge in [0.05, 0.1) is 13.2 Å². The molecule has 0 saturated heterocycles. The number of benzene rings is 1. The number of ether oxygens (including phenoxy) is 1. The van der Waals surface area contributed by atoms with Crippen molar-refractivity contribution in [2.24, 2.45) is 0 Å². The summed E-state index contributed by atoms with van der Waals surface area (Å²) < 4.78 is 6.96. The number of nitrogens with zero attached hydrogens (tertiary/aromatic N) is 2. The van der Waals surface area contributed by atoms with Crippen molar-refractivity contribution in [2.45, 2.75) is 46.3 Å². The van der Waals surface area contributed by atoms with E-state index in [1.54, 1.807) is 4.90 Å². The van der Waals surface area contributed by atoms with E-state index in [0.29, 0.717) is 39.3 Å². The average molecular weight is 432 g/mol. The lowest BCUT2D eigenvalue weighted by atomic mass is 10.2. The Morgan fingerprint density at radius 1 is 1.19 bits per heavy atom. The van der Waals surface area contributed by atoms with Crippen LogP contribution >= 0.6 is 0 Å². The van der Waals surface area contributed by atoms with Crippen LogP contribution in [0.2, 0.25) is 0 Å². The van der Waals surface area contributed by atoms with Gasteiger partial charge in [0, 0.05) is 26.2 Å². The average Bonchev–Trinajstić information content (AvgIpc) is 2.75. The molecular formula is C22H33N5O4. The highest BCUT2D eigenvalue weighted by molar-refractivity contribution is 5.82. The fraction of sp³-hybridized carbons (Fsp3) is 0.500. The second kappa shape index (κ2) is 12.6. The van der Waals surface area contributed by atoms with Gasteiger partial charge in [-0.3, -0.25) is 19.1 Å². The Morgan fingerprint density at radius 3 is 2.61 bits per heavy atom. The molecule has 0 aliphatic rings. The number of hydrogen-bond acceptors (Lipinski definition) is 6. The number of carbonyl (C=O) groups is 1. The summed E-state index contributed by atoms with van der Waals surface area (Å²) in [5, 5.41) is 2.83. The molecule has 1 aromatic heterocycles. The molecule has 1 amide bonds. The molecule has 0 radical (unpaired) electrons. The minimum Gasteiger partial charge on any atom is -0.383 e. The maximum Gasteiger partial charge on any atom is 0.330 e. The van der Waals surface area contributed by atoms with Gasteiger partial charge in [-0.25, -0.2) is 4.79 Å². The zero-order valence-electron chi connectivity index (χ0n) is 18.4. The van der Waals surface area contributed by atoms with Crippen LogP contribution in [0.25, 0.3) is 0 Å². The van der Waals surface area contributed by atoms with Gasteiger partial charge in [-0.15, -0.1) is 0 Å². The van der Waals surface area contributed by atoms with E-state index >= 15 is 0 Å². The zero-order chi connectivity index (χ0) is 22.6. The van der Waals surface area contributed by atoms with Crippen LogP contribution in [0.3, 0.4) is 0 Å². The van der Waals surface area contributed by atoms with E-state index < -0.39 is 11.2 Å². The lowest BCUT2D eigenvalue weighted by Crippen LogP contribution is -2.43. The van der Waals surface area contributed by atoms with Gasteiger partial charge in [-0.05, 0) is 25.3 Å². The molecule has 1 heterocycles. The van der Waals surface area contributed by atoms with Crippen LogP contribution in [-0.2, 0) is 22.7 Å². The molecule has 1 aromatic carbocycles. The normalized spacial score (nSPS) is 10.8. The quantitative estimate of drug-likeness (QED) is 0.413. The summed E-state index contributed by atoms with van der Waals surface area (Å²) in [6.45, 7) is 6.14. The Kier molecular flexibility index (Phi) is 9.83. The number of H-pyrrole nitrogens is 1. The second-order valence-corrected chi connectivity index (χ2v) is 7.25. The number of nitrogens with two attached hydrogens (primary N) is 1. The van der Waals surface area contributed by atoms with Crippen molar-refractivity contribution in [1.82, 2.24) is 14.9 Å². The van der Waals surface area contributed by atoms with E-state index in [1.165, 1.54) is 4.57 Å². The van der Waals surface area contributed by atoms with Crippen molar-refractivity contribution >= 4 is 17.4 Å². The maximum absolute atomic E-state index is 12.4. The number of unbranched alkanes of at least 4 members (excludes halogenated alkanes) is 1. The number of likely N-dealkylation sites (N-methyl/N-ethyl adjacent to an activating group) is 1. The van der Waals surface area contributed by atoms with Crippen molar-refractivity contribution in [3.05, 3.63) is 56.7 Å². The fourth-order valence-corrected chi connectivity index (χ4v) is 3.17. The van der Waals surface area contributed by atoms with E-state index in [0.717, 1.165) is 18.4 Å². The highest BCUT2D eigenvalue weighted by Crippen LogP contribution is 2.16. The van der Waals surface area contributed by atoms with E-state index in [4.69, 9.17) is 10.5 Å². The van der Waals surface area contributed by atoms with Gasteiger partial charge < -0.3 is 20.7 Å². The smallest absolute Gasteiger partial charge is 0.330 e. The molecule has 0 fully saturated rings. The van der Waals surface area contributed by atoms with Crippen LogP contribution in [0.1, 0.15) is 38.7 Å². The zero-order valence-corrected chi connectivity index (χ0v) is 18.4. The van der Waals surface area contributed by atoms with Crippen LogP contribution < -0.4 is 27.2 Å². The topological polar surface area (TPSA) is 122 Å². The Labute approximate surface area is 182 Å². The van der Waals surface area contributed by atoms with Crippen LogP contribution in [0.5, 0.6) is 0 Å². The van der Waals surface area contributed by atoms with Crippen molar-refractivity contribution < 1.29 is 9.53 Å². The number of hydrogen-bond donors (Lipinski definition) is 3. The molecule has 0 aliphatic heterocycles. The van der Waals surface area contributed by atoms with Crippen LogP contribution in [0, 0.1) is 0 Å². The SMILES string of the molecule is CCCCn1c(N)c(N(CC)CC(=O)NCCCOCc2ccccc2)c(=O)[nH]c1=O. The largest absolute Gasteiger partial charge is 0.383 e. The summed E-state index contributed by atoms with van der Waals surface area (Å²) in [6, 6.07) is 9.89. The number of amides is 1. The third kappa shape index (κ3) is 7.29. The third-order valence-electron chi connectivity index (χ3n) is 4.88. The highest BCUT2D eigenvalue weighted by Gasteiger charge is 2.19. The number of aromatic nitrogens is 2. The molecule has 170 valence electrons. The van der Waals surface area contributed by atoms with Gasteiger partial charge in [0.1, 0.15) is 11.5 Å². The Hall–Kier alpha value is -3.07. The lowest BCUT2D eigenvalue weighted by molar-refractivity contribution is -0.119. The molecule has 0 spiro atoms. The molecule has 2 aromatic rings. The van der Waals surface area contributed by atoms with Crippen molar-refractivity contribution in [3.63, 3.8) is 0 Å². The predicted octanol–water partition coefficient (Wildman–Crippen LogP) is 1.47. The Balaban J connectivity index is 1.87. The van der Waals surface area contributed by atoms with Crippen LogP contribution in [0.4, 0.5) is 11.5 Å². The first-order valence-corrected chi connectivity index (χ1v) is 10.7. The Morgan fingerprint density at radius 2 is 1.94 bits per heavy atom. The highest BCUT2D eigenvalue weighted by atomic mass is 16.5. The summed E-state index contributed by atoms with van der Waals surface area (Å²) in [4.78, 5) is 40.7. The van der Waals surface area contributed by atoms with E-state index in [9.17, 15) is 14.4 Å². The molecular weight excluding hydrogens is 398 g/mol. The molecule has 0 saturated carbocycles. The minimum atomic E-state index is -0.584. The molecule has 31 heavy (non-hydrogen) atoms. The first kappa shape index (κ1) is 24.2. The number of aromatic amines is 1. The molecule has 2 rings (SSSR count). The molecule has 0 bridgehead atoms. The molecule has 4 N–H and O–H groups in total. The summed E-state index contributed by atoms with van der Waals surface area (Å²) in [5.41, 5.74) is 6.28. The van der Waals surface area contributed by atoms with Crippen molar-refractivity contribution in [2.75, 3.05) is 36.9 Å². The van der Waals surface area contributed by atoms with Crippen LogP contribution in [0.15, 0.2) is 39.9 Å². The van der Waals surface area contributed by atoms with E-state index in [1.807, 2.05) is 44.2 Å². The van der Waals surface area contributed by atoms with Gasteiger partial charge in [0.25, 0.3) is 5.56 Å². The first-order chi connectivity index (χ1) is 15.0. The molecule has 0 unspecified atom stereocenters. The minimum absolute atomic E-state index is 0.0271. The molecule has 0 aliphatic carbocycles. The van der Waals surface area contributed by atoms with Gasteiger partial charge in [-0.1, -0.05) is 43.7 Å². The summed E-state index contributed by atoms with van der Waals surface area (Å²) in [5.74, 6) is -0.138.